The zero-order valence-electron chi connectivity index (χ0n) is 11.1. The number of carbonyl (C=O) groups is 2. The number of ether oxygens (including phenoxy) is 1. The summed E-state index contributed by atoms with van der Waals surface area (Å²) < 4.78 is 4.53. The summed E-state index contributed by atoms with van der Waals surface area (Å²) in [5.41, 5.74) is 0.969. The van der Waals surface area contributed by atoms with Crippen molar-refractivity contribution >= 4 is 28.5 Å². The predicted molar refractivity (Wildman–Crippen MR) is 72.2 cm³/mol. The van der Waals surface area contributed by atoms with Crippen LogP contribution in [0.5, 0.6) is 0 Å². The quantitative estimate of drug-likeness (QED) is 0.921. The normalized spacial score (nSPS) is 13.9. The van der Waals surface area contributed by atoms with Gasteiger partial charge in [-0.15, -0.1) is 0 Å². The monoisotopic (exact) mass is 283 g/mol. The van der Waals surface area contributed by atoms with Gasteiger partial charge >= 0.3 is 6.09 Å². The average molecular weight is 283 g/mol. The Bertz CT molecular complexity index is 487. The summed E-state index contributed by atoms with van der Waals surface area (Å²) in [6, 6.07) is 0. The third kappa shape index (κ3) is 3.23. The van der Waals surface area contributed by atoms with Gasteiger partial charge in [-0.2, -0.15) is 0 Å². The third-order valence-electron chi connectivity index (χ3n) is 2.94. The standard InChI is InChI=1S/C12H17N3O3S/c1-3-4-10(16)15-6-5-8-9(7-15)19-11(13-8)14-12(17)18-2/h3-7H2,1-2H3,(H,13,14,17). The Morgan fingerprint density at radius 3 is 3.00 bits per heavy atom. The molecule has 0 atom stereocenters. The second kappa shape index (κ2) is 6.01. The molecule has 1 aliphatic heterocycles. The largest absolute Gasteiger partial charge is 0.453 e. The number of nitrogens with one attached hydrogen (secondary N) is 1. The van der Waals surface area contributed by atoms with Crippen LogP contribution in [-0.4, -0.2) is 35.5 Å². The van der Waals surface area contributed by atoms with Crippen molar-refractivity contribution in [1.29, 1.82) is 0 Å². The Morgan fingerprint density at radius 2 is 2.32 bits per heavy atom. The van der Waals surface area contributed by atoms with Gasteiger partial charge in [0.25, 0.3) is 0 Å². The molecule has 0 aromatic carbocycles. The number of anilines is 1. The predicted octanol–water partition coefficient (Wildman–Crippen LogP) is 2.01. The fourth-order valence-corrected chi connectivity index (χ4v) is 2.98. The first kappa shape index (κ1) is 13.8. The lowest BCUT2D eigenvalue weighted by Crippen LogP contribution is -2.35. The molecule has 104 valence electrons. The van der Waals surface area contributed by atoms with Gasteiger partial charge in [0, 0.05) is 24.3 Å². The minimum atomic E-state index is -0.523. The Balaban J connectivity index is 2.04. The number of amides is 2. The first-order valence-electron chi connectivity index (χ1n) is 6.25. The second-order valence-electron chi connectivity index (χ2n) is 4.32. The Labute approximate surface area is 115 Å². The number of hydrogen-bond acceptors (Lipinski definition) is 5. The molecule has 2 heterocycles. The molecular formula is C12H17N3O3S. The number of carbonyl (C=O) groups excluding carboxylic acids is 2. The van der Waals surface area contributed by atoms with E-state index in [1.165, 1.54) is 18.4 Å². The highest BCUT2D eigenvalue weighted by Gasteiger charge is 2.23. The molecule has 1 aromatic heterocycles. The van der Waals surface area contributed by atoms with Crippen molar-refractivity contribution in [3.05, 3.63) is 10.6 Å². The molecule has 1 aromatic rings. The van der Waals surface area contributed by atoms with Gasteiger partial charge in [0.15, 0.2) is 5.13 Å². The van der Waals surface area contributed by atoms with Crippen molar-refractivity contribution in [3.63, 3.8) is 0 Å². The molecule has 1 N–H and O–H groups in total. The molecule has 0 aliphatic carbocycles. The van der Waals surface area contributed by atoms with E-state index in [0.717, 1.165) is 23.4 Å². The maximum Gasteiger partial charge on any atom is 0.413 e. The van der Waals surface area contributed by atoms with Crippen LogP contribution in [-0.2, 0) is 22.5 Å². The minimum Gasteiger partial charge on any atom is -0.453 e. The number of thiazole rings is 1. The van der Waals surface area contributed by atoms with Gasteiger partial charge in [0.2, 0.25) is 5.91 Å². The van der Waals surface area contributed by atoms with Gasteiger partial charge in [-0.25, -0.2) is 9.78 Å². The first-order chi connectivity index (χ1) is 9.13. The van der Waals surface area contributed by atoms with Crippen LogP contribution in [0.25, 0.3) is 0 Å². The van der Waals surface area contributed by atoms with Gasteiger partial charge in [0.1, 0.15) is 0 Å². The molecule has 0 fully saturated rings. The molecule has 1 aliphatic rings. The van der Waals surface area contributed by atoms with E-state index in [1.54, 1.807) is 0 Å². The van der Waals surface area contributed by atoms with Crippen LogP contribution in [0.15, 0.2) is 0 Å². The van der Waals surface area contributed by atoms with Gasteiger partial charge in [-0.05, 0) is 6.42 Å². The number of hydrogen-bond donors (Lipinski definition) is 1. The lowest BCUT2D eigenvalue weighted by Gasteiger charge is -2.25. The number of nitrogens with zero attached hydrogens (tertiary/aromatic N) is 2. The first-order valence-corrected chi connectivity index (χ1v) is 7.07. The van der Waals surface area contributed by atoms with E-state index in [9.17, 15) is 9.59 Å². The summed E-state index contributed by atoms with van der Waals surface area (Å²) in [7, 11) is 1.31. The topological polar surface area (TPSA) is 71.5 Å². The lowest BCUT2D eigenvalue weighted by atomic mass is 10.1. The Kier molecular flexibility index (Phi) is 4.36. The minimum absolute atomic E-state index is 0.184. The van der Waals surface area contributed by atoms with Crippen LogP contribution in [0.2, 0.25) is 0 Å². The van der Waals surface area contributed by atoms with Gasteiger partial charge < -0.3 is 9.64 Å². The van der Waals surface area contributed by atoms with Crippen LogP contribution < -0.4 is 5.32 Å². The van der Waals surface area contributed by atoms with E-state index >= 15 is 0 Å². The van der Waals surface area contributed by atoms with E-state index in [-0.39, 0.29) is 5.91 Å². The van der Waals surface area contributed by atoms with Crippen molar-refractivity contribution < 1.29 is 14.3 Å². The maximum atomic E-state index is 11.9. The van der Waals surface area contributed by atoms with E-state index in [2.05, 4.69) is 15.0 Å². The summed E-state index contributed by atoms with van der Waals surface area (Å²) in [5, 5.41) is 3.09. The third-order valence-corrected chi connectivity index (χ3v) is 3.94. The zero-order valence-corrected chi connectivity index (χ0v) is 11.9. The molecule has 7 heteroatoms. The van der Waals surface area contributed by atoms with Crippen molar-refractivity contribution in [2.75, 3.05) is 19.0 Å². The number of methoxy groups -OCH3 is 1. The molecule has 2 rings (SSSR count). The Morgan fingerprint density at radius 1 is 1.53 bits per heavy atom. The number of fused-ring (bicyclic) bond motifs is 1. The van der Waals surface area contributed by atoms with Crippen LogP contribution in [0, 0.1) is 0 Å². The van der Waals surface area contributed by atoms with Crippen LogP contribution >= 0.6 is 11.3 Å². The SMILES string of the molecule is CCCC(=O)N1CCc2nc(NC(=O)OC)sc2C1. The van der Waals surface area contributed by atoms with Crippen molar-refractivity contribution in [2.24, 2.45) is 0 Å². The van der Waals surface area contributed by atoms with Crippen molar-refractivity contribution in [1.82, 2.24) is 9.88 Å². The van der Waals surface area contributed by atoms with Crippen molar-refractivity contribution in [2.45, 2.75) is 32.7 Å². The highest BCUT2D eigenvalue weighted by Crippen LogP contribution is 2.28. The Hall–Kier alpha value is -1.63. The second-order valence-corrected chi connectivity index (χ2v) is 5.40. The molecule has 6 nitrogen and oxygen atoms in total. The molecule has 0 saturated carbocycles. The fourth-order valence-electron chi connectivity index (χ4n) is 1.97. The molecule has 0 unspecified atom stereocenters. The van der Waals surface area contributed by atoms with Gasteiger partial charge in [0.05, 0.1) is 19.3 Å². The van der Waals surface area contributed by atoms with Crippen LogP contribution in [0.3, 0.4) is 0 Å². The summed E-state index contributed by atoms with van der Waals surface area (Å²) in [4.78, 5) is 30.2. The van der Waals surface area contributed by atoms with Crippen molar-refractivity contribution in [3.8, 4) is 0 Å². The smallest absolute Gasteiger partial charge is 0.413 e. The van der Waals surface area contributed by atoms with E-state index in [4.69, 9.17) is 0 Å². The highest BCUT2D eigenvalue weighted by molar-refractivity contribution is 7.15. The molecular weight excluding hydrogens is 266 g/mol. The molecule has 2 amide bonds. The van der Waals surface area contributed by atoms with E-state index < -0.39 is 6.09 Å². The molecule has 19 heavy (non-hydrogen) atoms. The van der Waals surface area contributed by atoms with Gasteiger partial charge in [-0.3, -0.25) is 10.1 Å². The summed E-state index contributed by atoms with van der Waals surface area (Å²) >= 11 is 1.40. The number of rotatable bonds is 3. The number of aromatic nitrogens is 1. The van der Waals surface area contributed by atoms with E-state index in [0.29, 0.717) is 24.6 Å². The maximum absolute atomic E-state index is 11.9. The van der Waals surface area contributed by atoms with Gasteiger partial charge in [-0.1, -0.05) is 18.3 Å². The fraction of sp³-hybridized carbons (Fsp3) is 0.583. The molecule has 0 radical (unpaired) electrons. The molecule has 0 bridgehead atoms. The zero-order chi connectivity index (χ0) is 13.8. The summed E-state index contributed by atoms with van der Waals surface area (Å²) in [5.74, 6) is 0.184. The summed E-state index contributed by atoms with van der Waals surface area (Å²) in [6.07, 6.45) is 1.66. The van der Waals surface area contributed by atoms with Crippen LogP contribution in [0.4, 0.5) is 9.93 Å². The summed E-state index contributed by atoms with van der Waals surface area (Å²) in [6.45, 7) is 3.29. The average Bonchev–Trinajstić information content (AvgIpc) is 2.79. The highest BCUT2D eigenvalue weighted by atomic mass is 32.1. The van der Waals surface area contributed by atoms with E-state index in [1.807, 2.05) is 11.8 Å². The molecule has 0 spiro atoms. The lowest BCUT2D eigenvalue weighted by molar-refractivity contribution is -0.132. The van der Waals surface area contributed by atoms with Crippen LogP contribution in [0.1, 0.15) is 30.3 Å². The molecule has 0 saturated heterocycles.